The number of nitrogens with zero attached hydrogens (tertiary/aromatic N) is 2. The molecule has 2 rings (SSSR count). The van der Waals surface area contributed by atoms with Gasteiger partial charge in [0.1, 0.15) is 23.6 Å². The number of pyridine rings is 1. The zero-order valence-electron chi connectivity index (χ0n) is 13.4. The first-order chi connectivity index (χ1) is 11.5. The monoisotopic (exact) mass is 362 g/mol. The zero-order chi connectivity index (χ0) is 19.4. The Labute approximate surface area is 141 Å². The average Bonchev–Trinajstić information content (AvgIpc) is 2.88. The van der Waals surface area contributed by atoms with Gasteiger partial charge in [-0.15, -0.1) is 0 Å². The van der Waals surface area contributed by atoms with Gasteiger partial charge < -0.3 is 26.0 Å². The maximum atomic E-state index is 10.6. The molecule has 25 heavy (non-hydrogen) atoms. The normalized spacial score (nSPS) is 15.6. The van der Waals surface area contributed by atoms with E-state index in [0.717, 1.165) is 5.56 Å². The minimum Gasteiger partial charge on any atom is -0.475 e. The second-order valence-corrected chi connectivity index (χ2v) is 5.31. The number of hydrogen-bond acceptors (Lipinski definition) is 7. The molecule has 1 aliphatic heterocycles. The molecule has 0 spiro atoms. The summed E-state index contributed by atoms with van der Waals surface area (Å²) < 4.78 is 42.8. The van der Waals surface area contributed by atoms with Gasteiger partial charge in [-0.3, -0.25) is 0 Å². The van der Waals surface area contributed by atoms with E-state index < -0.39 is 12.1 Å². The van der Waals surface area contributed by atoms with Crippen molar-refractivity contribution < 1.29 is 32.5 Å². The number of fused-ring (bicyclic) bond motifs is 1. The number of anilines is 2. The molecule has 1 aliphatic rings. The Hall–Kier alpha value is -2.74. The molecule has 1 aromatic heterocycles. The van der Waals surface area contributed by atoms with Crippen LogP contribution in [-0.2, 0) is 16.0 Å². The predicted molar refractivity (Wildman–Crippen MR) is 80.7 cm³/mol. The van der Waals surface area contributed by atoms with E-state index in [0.29, 0.717) is 24.6 Å². The summed E-state index contributed by atoms with van der Waals surface area (Å²) in [6.45, 7) is 4.39. The fourth-order valence-electron chi connectivity index (χ4n) is 1.87. The van der Waals surface area contributed by atoms with Crippen LogP contribution in [0.4, 0.5) is 24.7 Å². The maximum Gasteiger partial charge on any atom is 0.490 e. The van der Waals surface area contributed by atoms with Crippen molar-refractivity contribution in [3.05, 3.63) is 11.1 Å². The molecule has 0 saturated heterocycles. The van der Waals surface area contributed by atoms with Crippen molar-refractivity contribution in [3.63, 3.8) is 0 Å². The van der Waals surface area contributed by atoms with Crippen molar-refractivity contribution in [2.24, 2.45) is 0 Å². The van der Waals surface area contributed by atoms with Gasteiger partial charge in [0.2, 0.25) is 5.88 Å². The van der Waals surface area contributed by atoms with Crippen LogP contribution in [0, 0.1) is 11.3 Å². The van der Waals surface area contributed by atoms with Crippen molar-refractivity contribution in [1.82, 2.24) is 4.98 Å². The van der Waals surface area contributed by atoms with E-state index in [1.807, 2.05) is 19.9 Å². The Morgan fingerprint density at radius 1 is 1.52 bits per heavy atom. The SMILES string of the molecule is CC(C)OCC1Cc2c(nc(N)c(C#N)c2N)O1.O=C(O)C(F)(F)F. The van der Waals surface area contributed by atoms with Crippen LogP contribution in [0.1, 0.15) is 25.0 Å². The summed E-state index contributed by atoms with van der Waals surface area (Å²) in [6, 6.07) is 1.96. The molecule has 8 nitrogen and oxygen atoms in total. The molecule has 0 fully saturated rings. The second-order valence-electron chi connectivity index (χ2n) is 5.31. The number of nitrogens with two attached hydrogens (primary N) is 2. The number of carbonyl (C=O) groups is 1. The quantitative estimate of drug-likeness (QED) is 0.733. The van der Waals surface area contributed by atoms with E-state index in [4.69, 9.17) is 36.1 Å². The highest BCUT2D eigenvalue weighted by Gasteiger charge is 2.38. The minimum absolute atomic E-state index is 0.110. The van der Waals surface area contributed by atoms with E-state index in [-0.39, 0.29) is 23.6 Å². The van der Waals surface area contributed by atoms with Gasteiger partial charge in [-0.2, -0.15) is 23.4 Å². The van der Waals surface area contributed by atoms with Crippen LogP contribution in [0.3, 0.4) is 0 Å². The molecule has 0 bridgehead atoms. The highest BCUT2D eigenvalue weighted by Crippen LogP contribution is 2.35. The predicted octanol–water partition coefficient (Wildman–Crippen LogP) is 1.48. The Kier molecular flexibility index (Phi) is 6.41. The first-order valence-corrected chi connectivity index (χ1v) is 7.03. The van der Waals surface area contributed by atoms with Gasteiger partial charge in [-0.25, -0.2) is 4.79 Å². The van der Waals surface area contributed by atoms with E-state index in [1.54, 1.807) is 0 Å². The van der Waals surface area contributed by atoms with Crippen LogP contribution in [0.5, 0.6) is 5.88 Å². The van der Waals surface area contributed by atoms with Crippen LogP contribution >= 0.6 is 0 Å². The van der Waals surface area contributed by atoms with Crippen LogP contribution in [0.25, 0.3) is 0 Å². The van der Waals surface area contributed by atoms with Crippen LogP contribution < -0.4 is 16.2 Å². The van der Waals surface area contributed by atoms with Gasteiger partial charge >= 0.3 is 12.1 Å². The standard InChI is InChI=1S/C12H16N4O2.C2HF3O2/c1-6(2)17-5-7-3-8-10(14)9(4-13)11(15)16-12(8)18-7;3-2(4,5)1(6)7/h6-7H,3,5H2,1-2H3,(H4,14,15,16);(H,6,7). The van der Waals surface area contributed by atoms with Gasteiger partial charge in [-0.1, -0.05) is 0 Å². The molecule has 0 radical (unpaired) electrons. The minimum atomic E-state index is -5.08. The summed E-state index contributed by atoms with van der Waals surface area (Å²) in [6.07, 6.45) is -4.47. The molecular weight excluding hydrogens is 345 g/mol. The lowest BCUT2D eigenvalue weighted by molar-refractivity contribution is -0.192. The van der Waals surface area contributed by atoms with Gasteiger partial charge in [0.25, 0.3) is 0 Å². The van der Waals surface area contributed by atoms with E-state index >= 15 is 0 Å². The lowest BCUT2D eigenvalue weighted by atomic mass is 10.1. The molecule has 5 N–H and O–H groups in total. The number of carboxylic acid groups (broad SMARTS) is 1. The van der Waals surface area contributed by atoms with E-state index in [9.17, 15) is 13.2 Å². The molecule has 0 amide bonds. The third-order valence-electron chi connectivity index (χ3n) is 3.01. The lowest BCUT2D eigenvalue weighted by Gasteiger charge is -2.12. The molecule has 0 saturated carbocycles. The van der Waals surface area contributed by atoms with Crippen LogP contribution in [0.2, 0.25) is 0 Å². The number of ether oxygens (including phenoxy) is 2. The fourth-order valence-corrected chi connectivity index (χ4v) is 1.87. The number of nitriles is 1. The Morgan fingerprint density at radius 3 is 2.52 bits per heavy atom. The summed E-state index contributed by atoms with van der Waals surface area (Å²) >= 11 is 0. The number of halogens is 3. The summed E-state index contributed by atoms with van der Waals surface area (Å²) in [5, 5.41) is 16.1. The Bertz CT molecular complexity index is 686. The lowest BCUT2D eigenvalue weighted by Crippen LogP contribution is -2.22. The summed E-state index contributed by atoms with van der Waals surface area (Å²) in [5.74, 6) is -2.23. The smallest absolute Gasteiger partial charge is 0.475 e. The number of aliphatic carboxylic acids is 1. The summed E-state index contributed by atoms with van der Waals surface area (Å²) in [5.41, 5.74) is 12.9. The maximum absolute atomic E-state index is 10.6. The zero-order valence-corrected chi connectivity index (χ0v) is 13.4. The van der Waals surface area contributed by atoms with Gasteiger partial charge in [0.15, 0.2) is 0 Å². The Morgan fingerprint density at radius 2 is 2.08 bits per heavy atom. The summed E-state index contributed by atoms with van der Waals surface area (Å²) in [4.78, 5) is 13.0. The first-order valence-electron chi connectivity index (χ1n) is 7.03. The van der Waals surface area contributed by atoms with Crippen LogP contribution in [-0.4, -0.2) is 41.1 Å². The molecule has 1 aromatic rings. The average molecular weight is 362 g/mol. The molecule has 138 valence electrons. The Balaban J connectivity index is 0.000000381. The molecule has 1 atom stereocenters. The van der Waals surface area contributed by atoms with Gasteiger partial charge in [0.05, 0.1) is 18.4 Å². The largest absolute Gasteiger partial charge is 0.490 e. The van der Waals surface area contributed by atoms with Crippen molar-refractivity contribution in [1.29, 1.82) is 5.26 Å². The molecule has 1 unspecified atom stereocenters. The van der Waals surface area contributed by atoms with Gasteiger partial charge in [-0.05, 0) is 13.8 Å². The number of carboxylic acids is 1. The fraction of sp³-hybridized carbons (Fsp3) is 0.500. The number of rotatable bonds is 3. The number of hydrogen-bond donors (Lipinski definition) is 3. The van der Waals surface area contributed by atoms with Gasteiger partial charge in [0, 0.05) is 12.0 Å². The topological polar surface area (TPSA) is 144 Å². The number of aromatic nitrogens is 1. The first kappa shape index (κ1) is 20.3. The van der Waals surface area contributed by atoms with Crippen molar-refractivity contribution in [3.8, 4) is 11.9 Å². The highest BCUT2D eigenvalue weighted by molar-refractivity contribution is 5.73. The third-order valence-corrected chi connectivity index (χ3v) is 3.01. The molecule has 0 aliphatic carbocycles. The molecular formula is C14H17F3N4O4. The molecule has 0 aromatic carbocycles. The van der Waals surface area contributed by atoms with E-state index in [2.05, 4.69) is 4.98 Å². The van der Waals surface area contributed by atoms with Crippen molar-refractivity contribution >= 4 is 17.5 Å². The van der Waals surface area contributed by atoms with Crippen molar-refractivity contribution in [2.75, 3.05) is 18.1 Å². The number of nitrogen functional groups attached to an aromatic ring is 2. The van der Waals surface area contributed by atoms with E-state index in [1.165, 1.54) is 0 Å². The van der Waals surface area contributed by atoms with Crippen LogP contribution in [0.15, 0.2) is 0 Å². The second kappa shape index (κ2) is 7.89. The molecule has 11 heteroatoms. The third kappa shape index (κ3) is 5.39. The number of alkyl halides is 3. The highest BCUT2D eigenvalue weighted by atomic mass is 19.4. The summed E-state index contributed by atoms with van der Waals surface area (Å²) in [7, 11) is 0. The van der Waals surface area contributed by atoms with Crippen molar-refractivity contribution in [2.45, 2.75) is 38.7 Å². The molecule has 2 heterocycles.